The van der Waals surface area contributed by atoms with E-state index in [4.69, 9.17) is 23.2 Å². The Balaban J connectivity index is 2.78. The van der Waals surface area contributed by atoms with Crippen LogP contribution in [-0.4, -0.2) is 12.7 Å². The first-order valence-electron chi connectivity index (χ1n) is 5.54. The highest BCUT2D eigenvalue weighted by Gasteiger charge is 2.35. The van der Waals surface area contributed by atoms with Crippen LogP contribution >= 0.6 is 23.2 Å². The van der Waals surface area contributed by atoms with E-state index in [1.165, 1.54) is 0 Å². The summed E-state index contributed by atoms with van der Waals surface area (Å²) in [6.07, 6.45) is -9.01. The molecule has 0 saturated heterocycles. The molecule has 0 saturated carbocycles. The van der Waals surface area contributed by atoms with Crippen LogP contribution in [-0.2, 0) is 6.18 Å². The maximum Gasteiger partial charge on any atom is 0.416 e. The van der Waals surface area contributed by atoms with Crippen LogP contribution in [0.5, 0.6) is 0 Å². The van der Waals surface area contributed by atoms with Crippen molar-refractivity contribution >= 4 is 28.9 Å². The Morgan fingerprint density at radius 1 is 1.05 bits per heavy atom. The average Bonchev–Trinajstić information content (AvgIpc) is 2.29. The van der Waals surface area contributed by atoms with Crippen molar-refractivity contribution in [2.24, 2.45) is 5.92 Å². The zero-order chi connectivity index (χ0) is 16.4. The summed E-state index contributed by atoms with van der Waals surface area (Å²) in [5.41, 5.74) is 3.34. The molecule has 0 aliphatic rings. The molecule has 1 rings (SSSR count). The molecule has 0 radical (unpaired) electrons. The van der Waals surface area contributed by atoms with Crippen molar-refractivity contribution in [1.82, 2.24) is 5.43 Å². The predicted molar refractivity (Wildman–Crippen MR) is 68.3 cm³/mol. The minimum Gasteiger partial charge on any atom is -0.319 e. The molecular formula is C11H10Cl2F6N2. The molecule has 0 amide bonds. The number of nitrogens with one attached hydrogen (secondary N) is 2. The number of rotatable bonds is 4. The van der Waals surface area contributed by atoms with Gasteiger partial charge in [0.1, 0.15) is 0 Å². The molecule has 0 bridgehead atoms. The van der Waals surface area contributed by atoms with Crippen molar-refractivity contribution in [2.45, 2.75) is 19.3 Å². The summed E-state index contributed by atoms with van der Waals surface area (Å²) >= 11 is 11.3. The molecule has 0 fully saturated rings. The van der Waals surface area contributed by atoms with Crippen molar-refractivity contribution < 1.29 is 26.3 Å². The van der Waals surface area contributed by atoms with Crippen LogP contribution in [0, 0.1) is 5.92 Å². The van der Waals surface area contributed by atoms with Gasteiger partial charge >= 0.3 is 12.4 Å². The third-order valence-corrected chi connectivity index (χ3v) is 3.15. The Morgan fingerprint density at radius 3 is 1.90 bits per heavy atom. The van der Waals surface area contributed by atoms with Crippen molar-refractivity contribution in [3.63, 3.8) is 0 Å². The first kappa shape index (κ1) is 18.2. The first-order valence-corrected chi connectivity index (χ1v) is 6.30. The van der Waals surface area contributed by atoms with Gasteiger partial charge in [0.2, 0.25) is 0 Å². The van der Waals surface area contributed by atoms with E-state index in [2.05, 4.69) is 10.9 Å². The van der Waals surface area contributed by atoms with Crippen molar-refractivity contribution in [3.05, 3.63) is 27.7 Å². The van der Waals surface area contributed by atoms with Gasteiger partial charge in [-0.25, -0.2) is 5.43 Å². The van der Waals surface area contributed by atoms with Gasteiger partial charge in [-0.3, -0.25) is 0 Å². The highest BCUT2D eigenvalue weighted by Crippen LogP contribution is 2.38. The molecule has 1 aromatic carbocycles. The largest absolute Gasteiger partial charge is 0.416 e. The molecule has 0 aliphatic heterocycles. The quantitative estimate of drug-likeness (QED) is 0.578. The fraction of sp³-hybridized carbons (Fsp3) is 0.455. The van der Waals surface area contributed by atoms with Crippen LogP contribution in [0.1, 0.15) is 12.5 Å². The zero-order valence-corrected chi connectivity index (χ0v) is 12.0. The Bertz CT molecular complexity index is 477. The van der Waals surface area contributed by atoms with E-state index >= 15 is 0 Å². The van der Waals surface area contributed by atoms with E-state index in [-0.39, 0.29) is 15.7 Å². The van der Waals surface area contributed by atoms with Crippen LogP contribution in [0.3, 0.4) is 0 Å². The molecular weight excluding hydrogens is 345 g/mol. The summed E-state index contributed by atoms with van der Waals surface area (Å²) in [6.45, 7) is 0.446. The zero-order valence-electron chi connectivity index (χ0n) is 10.5. The van der Waals surface area contributed by atoms with Gasteiger partial charge in [0, 0.05) is 6.54 Å². The molecule has 1 aromatic rings. The molecule has 120 valence electrons. The maximum absolute atomic E-state index is 12.5. The fourth-order valence-corrected chi connectivity index (χ4v) is 1.85. The molecule has 21 heavy (non-hydrogen) atoms. The maximum atomic E-state index is 12.5. The average molecular weight is 355 g/mol. The minimum atomic E-state index is -4.62. The number of hydrogen-bond donors (Lipinski definition) is 2. The van der Waals surface area contributed by atoms with Gasteiger partial charge in [0.25, 0.3) is 0 Å². The lowest BCUT2D eigenvalue weighted by atomic mass is 10.2. The summed E-state index contributed by atoms with van der Waals surface area (Å²) in [7, 11) is 0. The highest BCUT2D eigenvalue weighted by molar-refractivity contribution is 6.39. The van der Waals surface area contributed by atoms with E-state index in [9.17, 15) is 26.3 Å². The van der Waals surface area contributed by atoms with E-state index in [0.29, 0.717) is 12.1 Å². The van der Waals surface area contributed by atoms with Crippen LogP contribution in [0.4, 0.5) is 32.0 Å². The number of halogens is 8. The summed E-state index contributed by atoms with van der Waals surface area (Å²) in [5.74, 6) is -1.66. The fourth-order valence-electron chi connectivity index (χ4n) is 1.26. The predicted octanol–water partition coefficient (Wildman–Crippen LogP) is 5.13. The first-order chi connectivity index (χ1) is 9.43. The Morgan fingerprint density at radius 2 is 1.52 bits per heavy atom. The van der Waals surface area contributed by atoms with Crippen molar-refractivity contribution in [3.8, 4) is 0 Å². The lowest BCUT2D eigenvalue weighted by Crippen LogP contribution is -2.34. The normalized spacial score (nSPS) is 14.1. The second kappa shape index (κ2) is 6.50. The minimum absolute atomic E-state index is 0.124. The lowest BCUT2D eigenvalue weighted by Gasteiger charge is -2.18. The summed E-state index contributed by atoms with van der Waals surface area (Å²) in [5, 5.41) is -0.719. The number of hydrogen-bond acceptors (Lipinski definition) is 2. The lowest BCUT2D eigenvalue weighted by molar-refractivity contribution is -0.167. The van der Waals surface area contributed by atoms with Crippen LogP contribution < -0.4 is 10.9 Å². The Hall–Kier alpha value is -0.860. The molecule has 1 unspecified atom stereocenters. The number of benzene rings is 1. The molecule has 0 aliphatic carbocycles. The molecule has 0 spiro atoms. The summed E-state index contributed by atoms with van der Waals surface area (Å²) < 4.78 is 74.3. The molecule has 10 heteroatoms. The van der Waals surface area contributed by atoms with E-state index in [0.717, 1.165) is 6.92 Å². The van der Waals surface area contributed by atoms with Crippen LogP contribution in [0.25, 0.3) is 0 Å². The van der Waals surface area contributed by atoms with Gasteiger partial charge in [-0.15, -0.1) is 0 Å². The monoisotopic (exact) mass is 354 g/mol. The van der Waals surface area contributed by atoms with Crippen LogP contribution in [0.2, 0.25) is 10.0 Å². The van der Waals surface area contributed by atoms with Gasteiger partial charge in [-0.1, -0.05) is 30.1 Å². The summed E-state index contributed by atoms with van der Waals surface area (Å²) in [4.78, 5) is 0. The second-order valence-electron chi connectivity index (χ2n) is 4.26. The van der Waals surface area contributed by atoms with Gasteiger partial charge in [-0.05, 0) is 12.1 Å². The van der Waals surface area contributed by atoms with E-state index in [1.807, 2.05) is 0 Å². The van der Waals surface area contributed by atoms with Gasteiger partial charge in [-0.2, -0.15) is 26.3 Å². The molecule has 0 aromatic heterocycles. The Kier molecular flexibility index (Phi) is 5.63. The van der Waals surface area contributed by atoms with E-state index < -0.39 is 30.4 Å². The number of anilines is 1. The van der Waals surface area contributed by atoms with Gasteiger partial charge in [0.15, 0.2) is 0 Å². The molecule has 2 nitrogen and oxygen atoms in total. The smallest absolute Gasteiger partial charge is 0.319 e. The standard InChI is InChI=1S/C11H10Cl2F6N2/c1-5(10(14,15)16)4-20-21-9-7(12)2-6(3-8(9)13)11(17,18)19/h2-3,5,20-21H,4H2,1H3. The molecule has 2 N–H and O–H groups in total. The summed E-state index contributed by atoms with van der Waals surface area (Å²) in [6, 6.07) is 1.26. The SMILES string of the molecule is CC(CNNc1c(Cl)cc(C(F)(F)F)cc1Cl)C(F)(F)F. The van der Waals surface area contributed by atoms with Crippen molar-refractivity contribution in [1.29, 1.82) is 0 Å². The van der Waals surface area contributed by atoms with Crippen LogP contribution in [0.15, 0.2) is 12.1 Å². The third kappa shape index (κ3) is 5.12. The van der Waals surface area contributed by atoms with Gasteiger partial charge < -0.3 is 5.43 Å². The van der Waals surface area contributed by atoms with Gasteiger partial charge in [0.05, 0.1) is 27.2 Å². The number of alkyl halides is 6. The topological polar surface area (TPSA) is 24.1 Å². The Labute approximate surface area is 126 Å². The molecule has 0 heterocycles. The third-order valence-electron chi connectivity index (χ3n) is 2.55. The highest BCUT2D eigenvalue weighted by atomic mass is 35.5. The molecule has 1 atom stereocenters. The number of hydrazine groups is 1. The van der Waals surface area contributed by atoms with E-state index in [1.54, 1.807) is 0 Å². The second-order valence-corrected chi connectivity index (χ2v) is 5.08. The van der Waals surface area contributed by atoms with Crippen molar-refractivity contribution in [2.75, 3.05) is 12.0 Å².